The number of aliphatic hydroxyl groups is 2. The highest BCUT2D eigenvalue weighted by atomic mass is 32.2. The van der Waals surface area contributed by atoms with Gasteiger partial charge in [0.05, 0.1) is 54.0 Å². The Hall–Kier alpha value is -2.41. The van der Waals surface area contributed by atoms with Crippen LogP contribution in [0.2, 0.25) is 0 Å². The van der Waals surface area contributed by atoms with E-state index in [1.54, 1.807) is 30.8 Å². The van der Waals surface area contributed by atoms with Gasteiger partial charge in [0, 0.05) is 10.3 Å². The van der Waals surface area contributed by atoms with Gasteiger partial charge in [0.25, 0.3) is 0 Å². The second-order valence-electron chi connectivity index (χ2n) is 7.84. The van der Waals surface area contributed by atoms with Crippen LogP contribution < -0.4 is 0 Å². The van der Waals surface area contributed by atoms with Crippen LogP contribution in [0.5, 0.6) is 0 Å². The summed E-state index contributed by atoms with van der Waals surface area (Å²) in [7, 11) is 0. The zero-order chi connectivity index (χ0) is 24.3. The van der Waals surface area contributed by atoms with E-state index in [0.717, 1.165) is 16.6 Å². The Kier molecular flexibility index (Phi) is 7.83. The molecule has 0 aromatic carbocycles. The number of carbonyl (C=O) groups excluding carboxylic acids is 2. The molecule has 180 valence electrons. The lowest BCUT2D eigenvalue weighted by atomic mass is 9.68. The number of thioether (sulfide) groups is 1. The first-order valence-electron chi connectivity index (χ1n) is 10.3. The van der Waals surface area contributed by atoms with Crippen LogP contribution in [0.1, 0.15) is 37.8 Å². The molecule has 0 bridgehead atoms. The van der Waals surface area contributed by atoms with Crippen LogP contribution in [0.25, 0.3) is 6.08 Å². The number of nitrogens with zero attached hydrogens (tertiary/aromatic N) is 2. The second kappa shape index (κ2) is 10.2. The van der Waals surface area contributed by atoms with Crippen LogP contribution in [0.4, 0.5) is 4.79 Å². The Bertz CT molecular complexity index is 989. The van der Waals surface area contributed by atoms with Crippen molar-refractivity contribution in [3.05, 3.63) is 32.1 Å². The number of amides is 1. The SMILES string of the molecule is CCOC(=O)OCC[C@@]1(C)C(SC=Cc2scnc2CO)=C(C(=O)O)N2C(=O)[C@H]([C@@H](C)O)[C@@H]21. The first-order chi connectivity index (χ1) is 15.7. The van der Waals surface area contributed by atoms with Crippen molar-refractivity contribution in [1.29, 1.82) is 0 Å². The molecule has 3 heterocycles. The quantitative estimate of drug-likeness (QED) is 0.325. The number of hydrogen-bond acceptors (Lipinski definition) is 10. The van der Waals surface area contributed by atoms with E-state index in [1.165, 1.54) is 23.2 Å². The molecule has 10 nitrogen and oxygen atoms in total. The van der Waals surface area contributed by atoms with Gasteiger partial charge in [-0.05, 0) is 31.8 Å². The van der Waals surface area contributed by atoms with Crippen molar-refractivity contribution in [2.45, 2.75) is 45.9 Å². The highest BCUT2D eigenvalue weighted by Gasteiger charge is 2.65. The molecule has 1 aromatic heterocycles. The minimum absolute atomic E-state index is 0.0510. The summed E-state index contributed by atoms with van der Waals surface area (Å²) < 4.78 is 9.90. The number of hydrogen-bond donors (Lipinski definition) is 3. The van der Waals surface area contributed by atoms with Gasteiger partial charge in [-0.2, -0.15) is 0 Å². The molecule has 0 unspecified atom stereocenters. The molecule has 2 aliphatic heterocycles. The van der Waals surface area contributed by atoms with Gasteiger partial charge >= 0.3 is 12.1 Å². The number of aromatic nitrogens is 1. The molecule has 4 atom stereocenters. The number of aliphatic hydroxyl groups excluding tert-OH is 2. The molecule has 1 aromatic rings. The van der Waals surface area contributed by atoms with E-state index in [1.807, 2.05) is 0 Å². The van der Waals surface area contributed by atoms with Gasteiger partial charge in [-0.1, -0.05) is 18.7 Å². The lowest BCUT2D eigenvalue weighted by Gasteiger charge is -2.50. The third-order valence-electron chi connectivity index (χ3n) is 5.82. The number of aliphatic carboxylic acids is 1. The molecular formula is C21H26N2O8S2. The topological polar surface area (TPSA) is 146 Å². The van der Waals surface area contributed by atoms with Crippen LogP contribution in [0.3, 0.4) is 0 Å². The van der Waals surface area contributed by atoms with E-state index in [2.05, 4.69) is 4.98 Å². The van der Waals surface area contributed by atoms with Gasteiger partial charge in [-0.25, -0.2) is 14.6 Å². The Morgan fingerprint density at radius 2 is 2.15 bits per heavy atom. The number of ether oxygens (including phenoxy) is 2. The standard InChI is InChI=1S/C21H26N2O8S2/c1-4-30-20(29)31-7-6-21(3)16-14(11(2)25)18(26)23(16)15(19(27)28)17(21)32-8-5-13-12(9-24)22-10-33-13/h5,8,10-11,14,16,24-25H,4,6-7,9H2,1-3H3,(H,27,28)/t11-,14-,16-,21-/m1/s1. The highest BCUT2D eigenvalue weighted by Crippen LogP contribution is 2.59. The average molecular weight is 499 g/mol. The third-order valence-corrected chi connectivity index (χ3v) is 7.83. The first-order valence-corrected chi connectivity index (χ1v) is 12.1. The van der Waals surface area contributed by atoms with Crippen molar-refractivity contribution in [2.24, 2.45) is 11.3 Å². The number of fused-ring (bicyclic) bond motifs is 1. The maximum absolute atomic E-state index is 12.7. The summed E-state index contributed by atoms with van der Waals surface area (Å²) in [5.41, 5.74) is 1.08. The highest BCUT2D eigenvalue weighted by molar-refractivity contribution is 8.06. The van der Waals surface area contributed by atoms with Gasteiger partial charge in [-0.3, -0.25) is 4.79 Å². The Morgan fingerprint density at radius 1 is 1.42 bits per heavy atom. The van der Waals surface area contributed by atoms with E-state index in [-0.39, 0.29) is 31.9 Å². The Labute approximate surface area is 198 Å². The molecule has 0 spiro atoms. The summed E-state index contributed by atoms with van der Waals surface area (Å²) >= 11 is 2.48. The van der Waals surface area contributed by atoms with Crippen molar-refractivity contribution in [2.75, 3.05) is 13.2 Å². The number of carbonyl (C=O) groups is 3. The molecule has 1 amide bonds. The summed E-state index contributed by atoms with van der Waals surface area (Å²) in [5.74, 6) is -2.47. The van der Waals surface area contributed by atoms with E-state index in [0.29, 0.717) is 10.6 Å². The van der Waals surface area contributed by atoms with E-state index < -0.39 is 41.5 Å². The fourth-order valence-corrected chi connectivity index (χ4v) is 6.19. The summed E-state index contributed by atoms with van der Waals surface area (Å²) in [6, 6.07) is -0.589. The van der Waals surface area contributed by atoms with E-state index in [4.69, 9.17) is 9.47 Å². The summed E-state index contributed by atoms with van der Waals surface area (Å²) in [6.07, 6.45) is 0.146. The molecule has 33 heavy (non-hydrogen) atoms. The van der Waals surface area contributed by atoms with Crippen LogP contribution in [-0.4, -0.2) is 68.6 Å². The molecule has 2 aliphatic rings. The smallest absolute Gasteiger partial charge is 0.477 e. The predicted molar refractivity (Wildman–Crippen MR) is 121 cm³/mol. The number of β-lactam (4-membered cyclic amide) rings is 1. The predicted octanol–water partition coefficient (Wildman–Crippen LogP) is 2.43. The summed E-state index contributed by atoms with van der Waals surface area (Å²) in [4.78, 5) is 43.0. The number of carboxylic acid groups (broad SMARTS) is 1. The maximum Gasteiger partial charge on any atom is 0.508 e. The van der Waals surface area contributed by atoms with Crippen molar-refractivity contribution in [1.82, 2.24) is 9.88 Å². The van der Waals surface area contributed by atoms with Crippen molar-refractivity contribution in [3.8, 4) is 0 Å². The third kappa shape index (κ3) is 4.65. The maximum atomic E-state index is 12.7. The summed E-state index contributed by atoms with van der Waals surface area (Å²) in [5, 5.41) is 31.2. The zero-order valence-electron chi connectivity index (χ0n) is 18.4. The molecule has 0 saturated carbocycles. The van der Waals surface area contributed by atoms with Crippen LogP contribution >= 0.6 is 23.1 Å². The normalized spacial score (nSPS) is 25.2. The van der Waals surface area contributed by atoms with E-state index in [9.17, 15) is 29.7 Å². The fourth-order valence-electron chi connectivity index (χ4n) is 4.28. The van der Waals surface area contributed by atoms with Gasteiger partial charge in [-0.15, -0.1) is 11.3 Å². The van der Waals surface area contributed by atoms with Gasteiger partial charge in [0.15, 0.2) is 0 Å². The first kappa shape index (κ1) is 25.2. The van der Waals surface area contributed by atoms with Gasteiger partial charge < -0.3 is 29.7 Å². The van der Waals surface area contributed by atoms with Crippen molar-refractivity contribution >= 4 is 47.2 Å². The number of rotatable bonds is 10. The molecule has 1 saturated heterocycles. The van der Waals surface area contributed by atoms with E-state index >= 15 is 0 Å². The van der Waals surface area contributed by atoms with Crippen molar-refractivity contribution in [3.63, 3.8) is 0 Å². The zero-order valence-corrected chi connectivity index (χ0v) is 20.0. The fraction of sp³-hybridized carbons (Fsp3) is 0.524. The molecule has 3 rings (SSSR count). The Balaban J connectivity index is 1.93. The second-order valence-corrected chi connectivity index (χ2v) is 9.65. The number of thiazole rings is 1. The molecule has 0 aliphatic carbocycles. The molecule has 1 fully saturated rings. The largest absolute Gasteiger partial charge is 0.508 e. The lowest BCUT2D eigenvalue weighted by Crippen LogP contribution is -2.66. The lowest BCUT2D eigenvalue weighted by molar-refractivity contribution is -0.167. The monoisotopic (exact) mass is 498 g/mol. The molecule has 12 heteroatoms. The van der Waals surface area contributed by atoms with Gasteiger partial charge in [0.1, 0.15) is 5.70 Å². The van der Waals surface area contributed by atoms with Crippen molar-refractivity contribution < 1.29 is 39.2 Å². The average Bonchev–Trinajstić information content (AvgIpc) is 3.28. The minimum Gasteiger partial charge on any atom is -0.477 e. The van der Waals surface area contributed by atoms with Crippen LogP contribution in [0.15, 0.2) is 21.5 Å². The minimum atomic E-state index is -1.25. The summed E-state index contributed by atoms with van der Waals surface area (Å²) in [6.45, 7) is 4.84. The van der Waals surface area contributed by atoms with Crippen LogP contribution in [0, 0.1) is 11.3 Å². The number of carboxylic acids is 1. The molecule has 3 N–H and O–H groups in total. The molecule has 0 radical (unpaired) electrons. The van der Waals surface area contributed by atoms with Crippen LogP contribution in [-0.2, 0) is 25.7 Å². The molecular weight excluding hydrogens is 472 g/mol. The van der Waals surface area contributed by atoms with Gasteiger partial charge in [0.2, 0.25) is 5.91 Å². The Morgan fingerprint density at radius 3 is 2.76 bits per heavy atom.